The Kier molecular flexibility index (Phi) is 2.18. The molecular weight excluding hydrogens is 202 g/mol. The molecule has 0 spiro atoms. The van der Waals surface area contributed by atoms with Crippen molar-refractivity contribution in [2.45, 2.75) is 25.7 Å². The maximum absolute atomic E-state index is 11.5. The van der Waals surface area contributed by atoms with Gasteiger partial charge in [-0.3, -0.25) is 4.79 Å². The first kappa shape index (κ1) is 10.1. The van der Waals surface area contributed by atoms with Gasteiger partial charge >= 0.3 is 5.97 Å². The third kappa shape index (κ3) is 1.27. The third-order valence-corrected chi connectivity index (χ3v) is 4.31. The van der Waals surface area contributed by atoms with Crippen molar-refractivity contribution in [2.24, 2.45) is 11.3 Å². The molecule has 1 fully saturated rings. The number of carboxylic acid groups (broad SMARTS) is 1. The molecule has 2 N–H and O–H groups in total. The first-order valence-corrected chi connectivity index (χ1v) is 6.07. The molecule has 0 amide bonds. The largest absolute Gasteiger partial charge is 0.481 e. The first-order valence-electron chi connectivity index (χ1n) is 6.07. The average molecular weight is 219 g/mol. The molecule has 3 nitrogen and oxygen atoms in total. The van der Waals surface area contributed by atoms with Gasteiger partial charge in [0.25, 0.3) is 0 Å². The van der Waals surface area contributed by atoms with Crippen molar-refractivity contribution in [3.05, 3.63) is 23.3 Å². The number of fused-ring (bicyclic) bond motifs is 2. The fourth-order valence-electron chi connectivity index (χ4n) is 3.37. The van der Waals surface area contributed by atoms with E-state index in [9.17, 15) is 9.90 Å². The van der Waals surface area contributed by atoms with Gasteiger partial charge in [0.1, 0.15) is 5.41 Å². The Morgan fingerprint density at radius 2 is 2.44 bits per heavy atom. The van der Waals surface area contributed by atoms with Crippen molar-refractivity contribution in [1.82, 2.24) is 5.32 Å². The highest BCUT2D eigenvalue weighted by molar-refractivity contribution is 5.81. The Labute approximate surface area is 95.2 Å². The van der Waals surface area contributed by atoms with Gasteiger partial charge < -0.3 is 10.4 Å². The number of hydrogen-bond acceptors (Lipinski definition) is 2. The maximum atomic E-state index is 11.5. The molecule has 3 aliphatic rings. The lowest BCUT2D eigenvalue weighted by Gasteiger charge is -2.36. The SMILES string of the molecule is O=C(O)C12CNCC1=CC1=CCCCC1C2. The highest BCUT2D eigenvalue weighted by atomic mass is 16.4. The molecule has 1 saturated heterocycles. The van der Waals surface area contributed by atoms with E-state index in [2.05, 4.69) is 17.5 Å². The molecule has 0 aromatic rings. The molecule has 3 heteroatoms. The summed E-state index contributed by atoms with van der Waals surface area (Å²) in [4.78, 5) is 11.5. The minimum atomic E-state index is -0.645. The molecular formula is C13H17NO2. The van der Waals surface area contributed by atoms with Crippen molar-refractivity contribution >= 4 is 5.97 Å². The lowest BCUT2D eigenvalue weighted by Crippen LogP contribution is -2.39. The van der Waals surface area contributed by atoms with Gasteiger partial charge in [0.05, 0.1) is 0 Å². The van der Waals surface area contributed by atoms with Crippen molar-refractivity contribution in [2.75, 3.05) is 13.1 Å². The van der Waals surface area contributed by atoms with E-state index >= 15 is 0 Å². The zero-order chi connectivity index (χ0) is 11.2. The maximum Gasteiger partial charge on any atom is 0.315 e. The van der Waals surface area contributed by atoms with Crippen LogP contribution in [0.15, 0.2) is 23.3 Å². The van der Waals surface area contributed by atoms with Crippen LogP contribution in [-0.2, 0) is 4.79 Å². The van der Waals surface area contributed by atoms with Gasteiger partial charge in [0.15, 0.2) is 0 Å². The quantitative estimate of drug-likeness (QED) is 0.706. The summed E-state index contributed by atoms with van der Waals surface area (Å²) in [5.74, 6) is -0.165. The molecule has 2 unspecified atom stereocenters. The summed E-state index contributed by atoms with van der Waals surface area (Å²) < 4.78 is 0. The fraction of sp³-hybridized carbons (Fsp3) is 0.615. The van der Waals surface area contributed by atoms with E-state index in [1.165, 1.54) is 12.0 Å². The molecule has 2 atom stereocenters. The molecule has 0 aromatic heterocycles. The van der Waals surface area contributed by atoms with Gasteiger partial charge in [-0.1, -0.05) is 12.2 Å². The van der Waals surface area contributed by atoms with Crippen LogP contribution < -0.4 is 5.32 Å². The molecule has 16 heavy (non-hydrogen) atoms. The Morgan fingerprint density at radius 1 is 1.56 bits per heavy atom. The Balaban J connectivity index is 2.04. The second-order valence-corrected chi connectivity index (χ2v) is 5.20. The van der Waals surface area contributed by atoms with Crippen LogP contribution >= 0.6 is 0 Å². The van der Waals surface area contributed by atoms with E-state index in [1.807, 2.05) is 0 Å². The molecule has 0 saturated carbocycles. The topological polar surface area (TPSA) is 49.3 Å². The van der Waals surface area contributed by atoms with Gasteiger partial charge in [-0.05, 0) is 42.7 Å². The van der Waals surface area contributed by atoms with Gasteiger partial charge in [-0.25, -0.2) is 0 Å². The monoisotopic (exact) mass is 219 g/mol. The molecule has 0 bridgehead atoms. The van der Waals surface area contributed by atoms with Crippen LogP contribution in [0.4, 0.5) is 0 Å². The number of nitrogens with one attached hydrogen (secondary N) is 1. The summed E-state index contributed by atoms with van der Waals surface area (Å²) >= 11 is 0. The molecule has 86 valence electrons. The second kappa shape index (κ2) is 3.45. The Morgan fingerprint density at radius 3 is 3.25 bits per heavy atom. The lowest BCUT2D eigenvalue weighted by molar-refractivity contribution is -0.146. The second-order valence-electron chi connectivity index (χ2n) is 5.20. The standard InChI is InChI=1S/C13H17NO2/c15-12(16)13-6-10-4-2-1-3-9(10)5-11(13)7-14-8-13/h3,5,10,14H,1-2,4,6-8H2,(H,15,16). The molecule has 1 heterocycles. The Bertz CT molecular complexity index is 397. The summed E-state index contributed by atoms with van der Waals surface area (Å²) in [5.41, 5.74) is 1.88. The molecule has 1 aliphatic heterocycles. The van der Waals surface area contributed by atoms with Crippen molar-refractivity contribution < 1.29 is 9.90 Å². The summed E-state index contributed by atoms with van der Waals surface area (Å²) in [5, 5.41) is 12.7. The zero-order valence-electron chi connectivity index (χ0n) is 9.33. The van der Waals surface area contributed by atoms with Crippen LogP contribution in [0.25, 0.3) is 0 Å². The van der Waals surface area contributed by atoms with E-state index in [4.69, 9.17) is 0 Å². The number of rotatable bonds is 1. The fourth-order valence-corrected chi connectivity index (χ4v) is 3.37. The van der Waals surface area contributed by atoms with E-state index in [1.54, 1.807) is 0 Å². The first-order chi connectivity index (χ1) is 7.72. The summed E-state index contributed by atoms with van der Waals surface area (Å²) in [6.07, 6.45) is 8.77. The molecule has 0 radical (unpaired) electrons. The summed E-state index contributed by atoms with van der Waals surface area (Å²) in [6, 6.07) is 0. The van der Waals surface area contributed by atoms with Gasteiger partial charge in [-0.2, -0.15) is 0 Å². The highest BCUT2D eigenvalue weighted by Crippen LogP contribution is 2.47. The van der Waals surface area contributed by atoms with E-state index in [0.717, 1.165) is 31.4 Å². The lowest BCUT2D eigenvalue weighted by atomic mass is 9.66. The number of aliphatic carboxylic acids is 1. The number of carboxylic acids is 1. The number of carbonyl (C=O) groups is 1. The van der Waals surface area contributed by atoms with Crippen LogP contribution in [0.3, 0.4) is 0 Å². The van der Waals surface area contributed by atoms with Crippen molar-refractivity contribution in [3.63, 3.8) is 0 Å². The van der Waals surface area contributed by atoms with Crippen LogP contribution in [-0.4, -0.2) is 24.2 Å². The molecule has 3 rings (SSSR count). The van der Waals surface area contributed by atoms with Crippen LogP contribution in [0.1, 0.15) is 25.7 Å². The Hall–Kier alpha value is -1.09. The zero-order valence-corrected chi connectivity index (χ0v) is 9.33. The predicted octanol–water partition coefficient (Wildman–Crippen LogP) is 1.72. The minimum Gasteiger partial charge on any atom is -0.481 e. The van der Waals surface area contributed by atoms with E-state index < -0.39 is 11.4 Å². The third-order valence-electron chi connectivity index (χ3n) is 4.31. The van der Waals surface area contributed by atoms with E-state index in [0.29, 0.717) is 12.5 Å². The van der Waals surface area contributed by atoms with Crippen LogP contribution in [0, 0.1) is 11.3 Å². The smallest absolute Gasteiger partial charge is 0.315 e. The van der Waals surface area contributed by atoms with E-state index in [-0.39, 0.29) is 0 Å². The van der Waals surface area contributed by atoms with Gasteiger partial charge in [0, 0.05) is 13.1 Å². The van der Waals surface area contributed by atoms with Crippen molar-refractivity contribution in [3.8, 4) is 0 Å². The van der Waals surface area contributed by atoms with Crippen LogP contribution in [0.2, 0.25) is 0 Å². The van der Waals surface area contributed by atoms with Gasteiger partial charge in [-0.15, -0.1) is 0 Å². The molecule has 2 aliphatic carbocycles. The van der Waals surface area contributed by atoms with Gasteiger partial charge in [0.2, 0.25) is 0 Å². The molecule has 0 aromatic carbocycles. The summed E-state index contributed by atoms with van der Waals surface area (Å²) in [7, 11) is 0. The minimum absolute atomic E-state index is 0.480. The van der Waals surface area contributed by atoms with Crippen molar-refractivity contribution in [1.29, 1.82) is 0 Å². The normalized spacial score (nSPS) is 37.1. The average Bonchev–Trinajstić information content (AvgIpc) is 2.69. The highest BCUT2D eigenvalue weighted by Gasteiger charge is 2.49. The number of allylic oxidation sites excluding steroid dienone is 3. The summed E-state index contributed by atoms with van der Waals surface area (Å²) in [6.45, 7) is 1.36. The van der Waals surface area contributed by atoms with Crippen LogP contribution in [0.5, 0.6) is 0 Å². The predicted molar refractivity (Wildman–Crippen MR) is 61.1 cm³/mol. The number of hydrogen-bond donors (Lipinski definition) is 2.